The van der Waals surface area contributed by atoms with Crippen LogP contribution in [0.2, 0.25) is 0 Å². The summed E-state index contributed by atoms with van der Waals surface area (Å²) in [5.74, 6) is -0.0896. The topological polar surface area (TPSA) is 44.7 Å². The van der Waals surface area contributed by atoms with Crippen LogP contribution in [0.5, 0.6) is 0 Å². The molecule has 1 aliphatic heterocycles. The Hall–Kier alpha value is -2.62. The van der Waals surface area contributed by atoms with Crippen molar-refractivity contribution >= 4 is 17.8 Å². The number of aryl methyl sites for hydroxylation is 3. The summed E-state index contributed by atoms with van der Waals surface area (Å²) in [6, 6.07) is 14.5. The SMILES string of the molecule is Cc1ccc(C)c(/C=N\NC(=O)CN2CCCc3ccccc32)c1. The normalized spacial score (nSPS) is 13.8. The number of benzene rings is 2. The summed E-state index contributed by atoms with van der Waals surface area (Å²) in [5, 5.41) is 4.11. The minimum Gasteiger partial charge on any atom is -0.362 e. The molecule has 4 nitrogen and oxygen atoms in total. The Bertz CT molecular complexity index is 767. The molecule has 0 aromatic heterocycles. The molecule has 0 spiro atoms. The van der Waals surface area contributed by atoms with E-state index in [0.29, 0.717) is 6.54 Å². The monoisotopic (exact) mass is 321 g/mol. The minimum absolute atomic E-state index is 0.0896. The summed E-state index contributed by atoms with van der Waals surface area (Å²) in [4.78, 5) is 14.3. The predicted octanol–water partition coefficient (Wildman–Crippen LogP) is 3.21. The summed E-state index contributed by atoms with van der Waals surface area (Å²) < 4.78 is 0. The van der Waals surface area contributed by atoms with E-state index in [1.165, 1.54) is 11.1 Å². The van der Waals surface area contributed by atoms with Gasteiger partial charge in [0.1, 0.15) is 0 Å². The van der Waals surface area contributed by atoms with Crippen molar-refractivity contribution in [3.63, 3.8) is 0 Å². The standard InChI is InChI=1S/C20H23N3O/c1-15-9-10-16(2)18(12-15)13-21-22-20(24)14-23-11-5-7-17-6-3-4-8-19(17)23/h3-4,6,8-10,12-13H,5,7,11,14H2,1-2H3,(H,22,24)/b21-13-. The van der Waals surface area contributed by atoms with Crippen LogP contribution in [-0.4, -0.2) is 25.2 Å². The predicted molar refractivity (Wildman–Crippen MR) is 98.6 cm³/mol. The molecule has 1 amide bonds. The number of para-hydroxylation sites is 1. The zero-order valence-corrected chi connectivity index (χ0v) is 14.2. The van der Waals surface area contributed by atoms with Crippen LogP contribution in [0.15, 0.2) is 47.6 Å². The molecule has 4 heteroatoms. The number of carbonyl (C=O) groups is 1. The molecule has 2 aromatic carbocycles. The summed E-state index contributed by atoms with van der Waals surface area (Å²) in [6.07, 6.45) is 3.87. The van der Waals surface area contributed by atoms with Gasteiger partial charge >= 0.3 is 0 Å². The molecule has 0 aliphatic carbocycles. The molecular weight excluding hydrogens is 298 g/mol. The highest BCUT2D eigenvalue weighted by Gasteiger charge is 2.18. The molecule has 1 N–H and O–H groups in total. The number of nitrogens with one attached hydrogen (secondary N) is 1. The summed E-state index contributed by atoms with van der Waals surface area (Å²) >= 11 is 0. The zero-order chi connectivity index (χ0) is 16.9. The quantitative estimate of drug-likeness (QED) is 0.694. The number of carbonyl (C=O) groups excluding carboxylic acids is 1. The van der Waals surface area contributed by atoms with Crippen molar-refractivity contribution in [1.82, 2.24) is 5.43 Å². The van der Waals surface area contributed by atoms with Crippen LogP contribution in [0.1, 0.15) is 28.7 Å². The lowest BCUT2D eigenvalue weighted by Gasteiger charge is -2.30. The van der Waals surface area contributed by atoms with Gasteiger partial charge in [0.2, 0.25) is 0 Å². The Balaban J connectivity index is 1.61. The van der Waals surface area contributed by atoms with Crippen LogP contribution < -0.4 is 10.3 Å². The third-order valence-electron chi connectivity index (χ3n) is 4.37. The second-order valence-electron chi connectivity index (χ2n) is 6.31. The maximum Gasteiger partial charge on any atom is 0.259 e. The van der Waals surface area contributed by atoms with E-state index in [4.69, 9.17) is 0 Å². The van der Waals surface area contributed by atoms with Crippen LogP contribution in [0.25, 0.3) is 0 Å². The molecule has 0 radical (unpaired) electrons. The number of hydrogen-bond donors (Lipinski definition) is 1. The van der Waals surface area contributed by atoms with Crippen molar-refractivity contribution in [3.8, 4) is 0 Å². The molecule has 3 rings (SSSR count). The van der Waals surface area contributed by atoms with Crippen molar-refractivity contribution in [1.29, 1.82) is 0 Å². The lowest BCUT2D eigenvalue weighted by atomic mass is 10.0. The number of amides is 1. The van der Waals surface area contributed by atoms with E-state index in [0.717, 1.165) is 36.2 Å². The van der Waals surface area contributed by atoms with Gasteiger partial charge in [0.15, 0.2) is 0 Å². The van der Waals surface area contributed by atoms with E-state index in [1.807, 2.05) is 19.9 Å². The molecule has 124 valence electrons. The number of anilines is 1. The second kappa shape index (κ2) is 7.30. The van der Waals surface area contributed by atoms with Crippen molar-refractivity contribution in [3.05, 3.63) is 64.7 Å². The van der Waals surface area contributed by atoms with Crippen molar-refractivity contribution in [2.75, 3.05) is 18.0 Å². The lowest BCUT2D eigenvalue weighted by molar-refractivity contribution is -0.119. The summed E-state index contributed by atoms with van der Waals surface area (Å²) in [7, 11) is 0. The minimum atomic E-state index is -0.0896. The first-order valence-electron chi connectivity index (χ1n) is 8.35. The van der Waals surface area contributed by atoms with E-state index < -0.39 is 0 Å². The van der Waals surface area contributed by atoms with E-state index >= 15 is 0 Å². The average molecular weight is 321 g/mol. The third-order valence-corrected chi connectivity index (χ3v) is 4.37. The largest absolute Gasteiger partial charge is 0.362 e. The molecule has 0 unspecified atom stereocenters. The van der Waals surface area contributed by atoms with Gasteiger partial charge in [0.25, 0.3) is 5.91 Å². The third kappa shape index (κ3) is 3.82. The van der Waals surface area contributed by atoms with E-state index in [2.05, 4.69) is 51.8 Å². The molecule has 0 saturated heterocycles. The number of fused-ring (bicyclic) bond motifs is 1. The average Bonchev–Trinajstić information content (AvgIpc) is 2.58. The molecule has 0 atom stereocenters. The Morgan fingerprint density at radius 2 is 2.08 bits per heavy atom. The van der Waals surface area contributed by atoms with Gasteiger partial charge in [-0.3, -0.25) is 4.79 Å². The smallest absolute Gasteiger partial charge is 0.259 e. The van der Waals surface area contributed by atoms with Crippen molar-refractivity contribution < 1.29 is 4.79 Å². The second-order valence-corrected chi connectivity index (χ2v) is 6.31. The Labute approximate surface area is 143 Å². The van der Waals surface area contributed by atoms with Gasteiger partial charge in [-0.2, -0.15) is 5.10 Å². The highest BCUT2D eigenvalue weighted by Crippen LogP contribution is 2.26. The van der Waals surface area contributed by atoms with Crippen molar-refractivity contribution in [2.24, 2.45) is 5.10 Å². The van der Waals surface area contributed by atoms with Crippen LogP contribution in [-0.2, 0) is 11.2 Å². The maximum absolute atomic E-state index is 12.2. The highest BCUT2D eigenvalue weighted by molar-refractivity contribution is 5.85. The van der Waals surface area contributed by atoms with E-state index in [-0.39, 0.29) is 5.91 Å². The Morgan fingerprint density at radius 1 is 1.25 bits per heavy atom. The maximum atomic E-state index is 12.2. The van der Waals surface area contributed by atoms with Gasteiger partial charge in [-0.25, -0.2) is 5.43 Å². The fourth-order valence-electron chi connectivity index (χ4n) is 3.06. The van der Waals surface area contributed by atoms with Gasteiger partial charge in [-0.05, 0) is 49.4 Å². The first-order chi connectivity index (χ1) is 11.6. The van der Waals surface area contributed by atoms with E-state index in [9.17, 15) is 4.79 Å². The molecule has 1 aliphatic rings. The number of nitrogens with zero attached hydrogens (tertiary/aromatic N) is 2. The summed E-state index contributed by atoms with van der Waals surface area (Å²) in [6.45, 7) is 5.32. The fourth-order valence-corrected chi connectivity index (χ4v) is 3.06. The Morgan fingerprint density at radius 3 is 2.96 bits per heavy atom. The molecule has 0 saturated carbocycles. The van der Waals surface area contributed by atoms with Gasteiger partial charge in [-0.1, -0.05) is 42.0 Å². The Kier molecular flexibility index (Phi) is 4.94. The van der Waals surface area contributed by atoms with Crippen LogP contribution in [0.3, 0.4) is 0 Å². The molecule has 0 fully saturated rings. The number of hydrazone groups is 1. The molecule has 24 heavy (non-hydrogen) atoms. The van der Waals surface area contributed by atoms with Gasteiger partial charge in [0, 0.05) is 12.2 Å². The lowest BCUT2D eigenvalue weighted by Crippen LogP contribution is -2.38. The van der Waals surface area contributed by atoms with Crippen LogP contribution in [0.4, 0.5) is 5.69 Å². The van der Waals surface area contributed by atoms with Crippen LogP contribution >= 0.6 is 0 Å². The first kappa shape index (κ1) is 16.2. The number of hydrogen-bond acceptors (Lipinski definition) is 3. The first-order valence-corrected chi connectivity index (χ1v) is 8.35. The fraction of sp³-hybridized carbons (Fsp3) is 0.300. The van der Waals surface area contributed by atoms with E-state index in [1.54, 1.807) is 6.21 Å². The van der Waals surface area contributed by atoms with Crippen LogP contribution in [0, 0.1) is 13.8 Å². The highest BCUT2D eigenvalue weighted by atomic mass is 16.2. The van der Waals surface area contributed by atoms with Gasteiger partial charge < -0.3 is 4.90 Å². The molecule has 0 bridgehead atoms. The molecule has 2 aromatic rings. The zero-order valence-electron chi connectivity index (χ0n) is 14.2. The molecule has 1 heterocycles. The van der Waals surface area contributed by atoms with Gasteiger partial charge in [-0.15, -0.1) is 0 Å². The van der Waals surface area contributed by atoms with Gasteiger partial charge in [0.05, 0.1) is 12.8 Å². The molecular formula is C20H23N3O. The summed E-state index contributed by atoms with van der Waals surface area (Å²) in [5.41, 5.74) is 8.47. The number of rotatable bonds is 4. The van der Waals surface area contributed by atoms with Crippen molar-refractivity contribution in [2.45, 2.75) is 26.7 Å².